The zero-order chi connectivity index (χ0) is 13.8. The van der Waals surface area contributed by atoms with Gasteiger partial charge in [0.25, 0.3) is 0 Å². The summed E-state index contributed by atoms with van der Waals surface area (Å²) in [7, 11) is 1.69. The molecule has 2 N–H and O–H groups in total. The zero-order valence-electron chi connectivity index (χ0n) is 11.8. The normalized spacial score (nSPS) is 12.2. The van der Waals surface area contributed by atoms with E-state index in [1.54, 1.807) is 7.11 Å². The Morgan fingerprint density at radius 1 is 1.11 bits per heavy atom. The highest BCUT2D eigenvalue weighted by atomic mass is 16.5. The van der Waals surface area contributed by atoms with Crippen molar-refractivity contribution in [3.63, 3.8) is 0 Å². The lowest BCUT2D eigenvalue weighted by atomic mass is 9.97. The second-order valence-electron chi connectivity index (χ2n) is 5.03. The number of hydrogen-bond acceptors (Lipinski definition) is 2. The third-order valence-electron chi connectivity index (χ3n) is 3.40. The van der Waals surface area contributed by atoms with Crippen LogP contribution in [0.4, 0.5) is 0 Å². The van der Waals surface area contributed by atoms with Crippen molar-refractivity contribution < 1.29 is 4.74 Å². The minimum atomic E-state index is -0.00343. The summed E-state index contributed by atoms with van der Waals surface area (Å²) in [6.07, 6.45) is 0.841. The van der Waals surface area contributed by atoms with Crippen molar-refractivity contribution in [1.29, 1.82) is 0 Å². The molecule has 19 heavy (non-hydrogen) atoms. The molecule has 1 atom stereocenters. The van der Waals surface area contributed by atoms with Crippen molar-refractivity contribution in [1.82, 2.24) is 0 Å². The van der Waals surface area contributed by atoms with Crippen LogP contribution >= 0.6 is 0 Å². The van der Waals surface area contributed by atoms with Crippen molar-refractivity contribution in [3.8, 4) is 5.75 Å². The second kappa shape index (κ2) is 5.89. The monoisotopic (exact) mass is 255 g/mol. The van der Waals surface area contributed by atoms with Crippen molar-refractivity contribution in [3.05, 3.63) is 64.7 Å². The number of methoxy groups -OCH3 is 1. The summed E-state index contributed by atoms with van der Waals surface area (Å²) in [6.45, 7) is 4.14. The van der Waals surface area contributed by atoms with Gasteiger partial charge in [-0.1, -0.05) is 42.0 Å². The Bertz CT molecular complexity index is 563. The second-order valence-corrected chi connectivity index (χ2v) is 5.03. The standard InChI is InChI=1S/C17H21NO/c1-12-5-4-6-14(9-12)10-16(18)15-8-7-13(2)17(11-15)19-3/h4-9,11,16H,10,18H2,1-3H3. The van der Waals surface area contributed by atoms with E-state index in [0.29, 0.717) is 0 Å². The molecule has 0 spiro atoms. The molecule has 0 amide bonds. The van der Waals surface area contributed by atoms with Crippen LogP contribution in [0.5, 0.6) is 5.75 Å². The van der Waals surface area contributed by atoms with Gasteiger partial charge in [-0.05, 0) is 43.0 Å². The number of rotatable bonds is 4. The number of hydrogen-bond donors (Lipinski definition) is 1. The van der Waals surface area contributed by atoms with Gasteiger partial charge >= 0.3 is 0 Å². The van der Waals surface area contributed by atoms with Crippen LogP contribution in [0.25, 0.3) is 0 Å². The molecule has 0 fully saturated rings. The molecule has 0 aliphatic carbocycles. The first-order valence-corrected chi connectivity index (χ1v) is 6.56. The van der Waals surface area contributed by atoms with E-state index in [-0.39, 0.29) is 6.04 Å². The van der Waals surface area contributed by atoms with Gasteiger partial charge in [-0.2, -0.15) is 0 Å². The summed E-state index contributed by atoms with van der Waals surface area (Å²) in [6, 6.07) is 14.7. The smallest absolute Gasteiger partial charge is 0.122 e. The SMILES string of the molecule is COc1cc(C(N)Cc2cccc(C)c2)ccc1C. The number of aryl methyl sites for hydroxylation is 2. The number of ether oxygens (including phenoxy) is 1. The van der Waals surface area contributed by atoms with Crippen LogP contribution < -0.4 is 10.5 Å². The van der Waals surface area contributed by atoms with E-state index < -0.39 is 0 Å². The summed E-state index contributed by atoms with van der Waals surface area (Å²) in [5.41, 5.74) is 11.1. The summed E-state index contributed by atoms with van der Waals surface area (Å²) >= 11 is 0. The van der Waals surface area contributed by atoms with E-state index >= 15 is 0 Å². The Kier molecular flexibility index (Phi) is 4.23. The first-order chi connectivity index (χ1) is 9.10. The minimum Gasteiger partial charge on any atom is -0.496 e. The fourth-order valence-corrected chi connectivity index (χ4v) is 2.28. The van der Waals surface area contributed by atoms with E-state index in [1.165, 1.54) is 11.1 Å². The minimum absolute atomic E-state index is 0.00343. The molecule has 0 heterocycles. The highest BCUT2D eigenvalue weighted by Crippen LogP contribution is 2.24. The molecule has 2 rings (SSSR count). The average molecular weight is 255 g/mol. The Hall–Kier alpha value is -1.80. The summed E-state index contributed by atoms with van der Waals surface area (Å²) < 4.78 is 5.35. The fraction of sp³-hybridized carbons (Fsp3) is 0.294. The molecule has 0 saturated heterocycles. The van der Waals surface area contributed by atoms with Crippen LogP contribution in [0.1, 0.15) is 28.3 Å². The lowest BCUT2D eigenvalue weighted by Gasteiger charge is -2.15. The van der Waals surface area contributed by atoms with Gasteiger partial charge in [-0.25, -0.2) is 0 Å². The van der Waals surface area contributed by atoms with Crippen LogP contribution in [0.3, 0.4) is 0 Å². The van der Waals surface area contributed by atoms with Crippen LogP contribution in [-0.2, 0) is 6.42 Å². The summed E-state index contributed by atoms with van der Waals surface area (Å²) in [5.74, 6) is 0.900. The molecule has 1 unspecified atom stereocenters. The third-order valence-corrected chi connectivity index (χ3v) is 3.40. The molecule has 0 saturated carbocycles. The highest BCUT2D eigenvalue weighted by Gasteiger charge is 2.09. The Morgan fingerprint density at radius 2 is 1.89 bits per heavy atom. The van der Waals surface area contributed by atoms with Crippen LogP contribution in [-0.4, -0.2) is 7.11 Å². The third kappa shape index (κ3) is 3.36. The van der Waals surface area contributed by atoms with Crippen molar-refractivity contribution in [2.45, 2.75) is 26.3 Å². The highest BCUT2D eigenvalue weighted by molar-refractivity contribution is 5.38. The zero-order valence-corrected chi connectivity index (χ0v) is 11.8. The van der Waals surface area contributed by atoms with E-state index in [4.69, 9.17) is 10.5 Å². The van der Waals surface area contributed by atoms with Gasteiger partial charge in [0.2, 0.25) is 0 Å². The van der Waals surface area contributed by atoms with Gasteiger partial charge in [0.05, 0.1) is 7.11 Å². The average Bonchev–Trinajstić information content (AvgIpc) is 2.39. The molecule has 0 bridgehead atoms. The summed E-state index contributed by atoms with van der Waals surface area (Å²) in [5, 5.41) is 0. The Balaban J connectivity index is 2.18. The van der Waals surface area contributed by atoms with Gasteiger partial charge in [0.1, 0.15) is 5.75 Å². The lowest BCUT2D eigenvalue weighted by Crippen LogP contribution is -2.13. The molecule has 2 aromatic carbocycles. The molecule has 2 nitrogen and oxygen atoms in total. The van der Waals surface area contributed by atoms with Gasteiger partial charge < -0.3 is 10.5 Å². The molecule has 0 aliphatic rings. The molecular weight excluding hydrogens is 234 g/mol. The molecule has 100 valence electrons. The van der Waals surface area contributed by atoms with Crippen LogP contribution in [0, 0.1) is 13.8 Å². The van der Waals surface area contributed by atoms with Gasteiger partial charge in [-0.15, -0.1) is 0 Å². The van der Waals surface area contributed by atoms with E-state index in [1.807, 2.05) is 13.0 Å². The maximum atomic E-state index is 6.30. The molecular formula is C17H21NO. The molecule has 0 aliphatic heterocycles. The lowest BCUT2D eigenvalue weighted by molar-refractivity contribution is 0.410. The van der Waals surface area contributed by atoms with Crippen LogP contribution in [0.15, 0.2) is 42.5 Å². The summed E-state index contributed by atoms with van der Waals surface area (Å²) in [4.78, 5) is 0. The topological polar surface area (TPSA) is 35.2 Å². The maximum absolute atomic E-state index is 6.30. The van der Waals surface area contributed by atoms with Gasteiger partial charge in [0, 0.05) is 6.04 Å². The van der Waals surface area contributed by atoms with Crippen molar-refractivity contribution >= 4 is 0 Å². The molecule has 0 aromatic heterocycles. The first-order valence-electron chi connectivity index (χ1n) is 6.56. The Labute approximate surface area is 115 Å². The first kappa shape index (κ1) is 13.6. The van der Waals surface area contributed by atoms with Crippen molar-refractivity contribution in [2.75, 3.05) is 7.11 Å². The van der Waals surface area contributed by atoms with Gasteiger partial charge in [0.15, 0.2) is 0 Å². The van der Waals surface area contributed by atoms with Crippen molar-refractivity contribution in [2.24, 2.45) is 5.73 Å². The van der Waals surface area contributed by atoms with E-state index in [2.05, 4.69) is 43.3 Å². The predicted octanol–water partition coefficient (Wildman–Crippen LogP) is 3.55. The largest absolute Gasteiger partial charge is 0.496 e. The van der Waals surface area contributed by atoms with Gasteiger partial charge in [-0.3, -0.25) is 0 Å². The van der Waals surface area contributed by atoms with E-state index in [9.17, 15) is 0 Å². The number of benzene rings is 2. The molecule has 2 aromatic rings. The number of nitrogens with two attached hydrogens (primary N) is 1. The predicted molar refractivity (Wildman–Crippen MR) is 79.5 cm³/mol. The molecule has 0 radical (unpaired) electrons. The maximum Gasteiger partial charge on any atom is 0.122 e. The fourth-order valence-electron chi connectivity index (χ4n) is 2.28. The quantitative estimate of drug-likeness (QED) is 0.906. The Morgan fingerprint density at radius 3 is 2.58 bits per heavy atom. The molecule has 2 heteroatoms. The van der Waals surface area contributed by atoms with E-state index in [0.717, 1.165) is 23.3 Å². The van der Waals surface area contributed by atoms with Crippen LogP contribution in [0.2, 0.25) is 0 Å².